The van der Waals surface area contributed by atoms with E-state index in [4.69, 9.17) is 11.6 Å². The monoisotopic (exact) mass is 253 g/mol. The molecule has 5 heteroatoms. The van der Waals surface area contributed by atoms with Crippen molar-refractivity contribution < 1.29 is 8.42 Å². The number of rotatable bonds is 5. The molecule has 1 fully saturated rings. The van der Waals surface area contributed by atoms with Gasteiger partial charge in [0, 0.05) is 12.4 Å². The van der Waals surface area contributed by atoms with Gasteiger partial charge in [0.05, 0.1) is 5.25 Å². The van der Waals surface area contributed by atoms with Gasteiger partial charge in [0.1, 0.15) is 0 Å². The standard InChI is InChI=1S/C10H20ClNO2S/c1-10(2,7-11)8-12-15(13,14)9-5-3-4-6-9/h9,12H,3-8H2,1-2H3. The summed E-state index contributed by atoms with van der Waals surface area (Å²) in [4.78, 5) is 0. The molecule has 90 valence electrons. The lowest BCUT2D eigenvalue weighted by molar-refractivity contribution is 0.412. The fraction of sp³-hybridized carbons (Fsp3) is 1.00. The number of halogens is 1. The lowest BCUT2D eigenvalue weighted by Gasteiger charge is -2.23. The van der Waals surface area contributed by atoms with Gasteiger partial charge in [-0.25, -0.2) is 13.1 Å². The van der Waals surface area contributed by atoms with E-state index in [-0.39, 0.29) is 10.7 Å². The first kappa shape index (κ1) is 13.3. The number of hydrogen-bond acceptors (Lipinski definition) is 2. The van der Waals surface area contributed by atoms with Crippen LogP contribution < -0.4 is 4.72 Å². The smallest absolute Gasteiger partial charge is 0.214 e. The molecule has 0 aliphatic heterocycles. The van der Waals surface area contributed by atoms with E-state index in [1.807, 2.05) is 13.8 Å². The summed E-state index contributed by atoms with van der Waals surface area (Å²) >= 11 is 5.75. The summed E-state index contributed by atoms with van der Waals surface area (Å²) < 4.78 is 26.4. The topological polar surface area (TPSA) is 46.2 Å². The van der Waals surface area contributed by atoms with Gasteiger partial charge in [0.25, 0.3) is 0 Å². The van der Waals surface area contributed by atoms with E-state index in [1.54, 1.807) is 0 Å². The third-order valence-electron chi connectivity index (χ3n) is 2.85. The second-order valence-electron chi connectivity index (χ2n) is 5.07. The van der Waals surface area contributed by atoms with E-state index in [0.717, 1.165) is 25.7 Å². The Hall–Kier alpha value is 0.200. The highest BCUT2D eigenvalue weighted by Gasteiger charge is 2.30. The molecular weight excluding hydrogens is 234 g/mol. The molecule has 0 unspecified atom stereocenters. The molecule has 1 aliphatic carbocycles. The molecule has 1 saturated carbocycles. The molecule has 3 nitrogen and oxygen atoms in total. The molecule has 0 spiro atoms. The van der Waals surface area contributed by atoms with Crippen molar-refractivity contribution >= 4 is 21.6 Å². The summed E-state index contributed by atoms with van der Waals surface area (Å²) in [5.74, 6) is 0.459. The Morgan fingerprint density at radius 3 is 2.33 bits per heavy atom. The van der Waals surface area contributed by atoms with Crippen LogP contribution in [0.2, 0.25) is 0 Å². The SMILES string of the molecule is CC(C)(CCl)CNS(=O)(=O)C1CCCC1. The van der Waals surface area contributed by atoms with Crippen LogP contribution in [0.15, 0.2) is 0 Å². The van der Waals surface area contributed by atoms with Crippen LogP contribution in [0.1, 0.15) is 39.5 Å². The Bertz CT molecular complexity index is 295. The van der Waals surface area contributed by atoms with Gasteiger partial charge >= 0.3 is 0 Å². The van der Waals surface area contributed by atoms with Gasteiger partial charge in [-0.1, -0.05) is 26.7 Å². The van der Waals surface area contributed by atoms with Gasteiger partial charge in [-0.3, -0.25) is 0 Å². The Balaban J connectivity index is 2.50. The molecule has 0 aromatic rings. The molecular formula is C10H20ClNO2S. The first-order valence-corrected chi connectivity index (χ1v) is 7.50. The molecule has 0 heterocycles. The molecule has 0 saturated heterocycles. The Labute approximate surface area is 97.6 Å². The normalized spacial score (nSPS) is 19.7. The molecule has 0 aromatic carbocycles. The zero-order valence-electron chi connectivity index (χ0n) is 9.42. The molecule has 0 aromatic heterocycles. The third kappa shape index (κ3) is 3.93. The van der Waals surface area contributed by atoms with Crippen LogP contribution in [0.4, 0.5) is 0 Å². The van der Waals surface area contributed by atoms with Crippen LogP contribution in [0.25, 0.3) is 0 Å². The summed E-state index contributed by atoms with van der Waals surface area (Å²) in [6.07, 6.45) is 3.67. The van der Waals surface area contributed by atoms with E-state index in [2.05, 4.69) is 4.72 Å². The zero-order chi connectivity index (χ0) is 11.5. The number of alkyl halides is 1. The molecule has 0 bridgehead atoms. The predicted octanol–water partition coefficient (Wildman–Crippen LogP) is 2.11. The van der Waals surface area contributed by atoms with Crippen molar-refractivity contribution in [1.29, 1.82) is 0 Å². The maximum Gasteiger partial charge on any atom is 0.214 e. The Morgan fingerprint density at radius 2 is 1.87 bits per heavy atom. The highest BCUT2D eigenvalue weighted by Crippen LogP contribution is 2.24. The second kappa shape index (κ2) is 5.02. The van der Waals surface area contributed by atoms with Crippen LogP contribution >= 0.6 is 11.6 Å². The van der Waals surface area contributed by atoms with E-state index in [9.17, 15) is 8.42 Å². The van der Waals surface area contributed by atoms with Crippen molar-refractivity contribution in [3.63, 3.8) is 0 Å². The summed E-state index contributed by atoms with van der Waals surface area (Å²) in [7, 11) is -3.11. The zero-order valence-corrected chi connectivity index (χ0v) is 11.0. The van der Waals surface area contributed by atoms with Crippen LogP contribution in [-0.2, 0) is 10.0 Å². The van der Waals surface area contributed by atoms with Gasteiger partial charge in [-0.05, 0) is 18.3 Å². The van der Waals surface area contributed by atoms with E-state index < -0.39 is 10.0 Å². The van der Waals surface area contributed by atoms with Gasteiger partial charge in [0.15, 0.2) is 0 Å². The lowest BCUT2D eigenvalue weighted by atomic mass is 9.97. The van der Waals surface area contributed by atoms with Crippen molar-refractivity contribution in [2.24, 2.45) is 5.41 Å². The van der Waals surface area contributed by atoms with Crippen molar-refractivity contribution in [3.8, 4) is 0 Å². The Morgan fingerprint density at radius 1 is 1.33 bits per heavy atom. The van der Waals surface area contributed by atoms with Crippen LogP contribution in [0, 0.1) is 5.41 Å². The number of hydrogen-bond donors (Lipinski definition) is 1. The summed E-state index contributed by atoms with van der Waals surface area (Å²) in [6, 6.07) is 0. The first-order chi connectivity index (χ1) is 6.87. The van der Waals surface area contributed by atoms with Gasteiger partial charge < -0.3 is 0 Å². The Kier molecular flexibility index (Phi) is 4.44. The van der Waals surface area contributed by atoms with Gasteiger partial charge in [0.2, 0.25) is 10.0 Å². The lowest BCUT2D eigenvalue weighted by Crippen LogP contribution is -2.39. The number of nitrogens with one attached hydrogen (secondary N) is 1. The minimum absolute atomic E-state index is 0.173. The van der Waals surface area contributed by atoms with Gasteiger partial charge in [-0.15, -0.1) is 11.6 Å². The van der Waals surface area contributed by atoms with Crippen molar-refractivity contribution in [3.05, 3.63) is 0 Å². The molecule has 0 amide bonds. The fourth-order valence-electron chi connectivity index (χ4n) is 1.66. The fourth-order valence-corrected chi connectivity index (χ4v) is 3.54. The second-order valence-corrected chi connectivity index (χ2v) is 7.38. The molecule has 0 atom stereocenters. The minimum atomic E-state index is -3.11. The summed E-state index contributed by atoms with van der Waals surface area (Å²) in [5, 5.41) is -0.177. The maximum atomic E-state index is 11.8. The van der Waals surface area contributed by atoms with Gasteiger partial charge in [-0.2, -0.15) is 0 Å². The molecule has 1 aliphatic rings. The maximum absolute atomic E-state index is 11.8. The minimum Gasteiger partial charge on any atom is -0.214 e. The quantitative estimate of drug-likeness (QED) is 0.763. The molecule has 0 radical (unpaired) electrons. The summed E-state index contributed by atoms with van der Waals surface area (Å²) in [5.41, 5.74) is -0.173. The van der Waals surface area contributed by atoms with Crippen LogP contribution in [-0.4, -0.2) is 26.1 Å². The first-order valence-electron chi connectivity index (χ1n) is 5.42. The highest BCUT2D eigenvalue weighted by atomic mass is 35.5. The van der Waals surface area contributed by atoms with E-state index in [1.165, 1.54) is 0 Å². The average molecular weight is 254 g/mol. The number of sulfonamides is 1. The van der Waals surface area contributed by atoms with Crippen molar-refractivity contribution in [2.45, 2.75) is 44.8 Å². The van der Waals surface area contributed by atoms with Crippen molar-refractivity contribution in [1.82, 2.24) is 4.72 Å². The predicted molar refractivity (Wildman–Crippen MR) is 63.7 cm³/mol. The average Bonchev–Trinajstić information content (AvgIpc) is 2.69. The molecule has 1 N–H and O–H groups in total. The van der Waals surface area contributed by atoms with Crippen LogP contribution in [0.5, 0.6) is 0 Å². The van der Waals surface area contributed by atoms with Crippen molar-refractivity contribution in [2.75, 3.05) is 12.4 Å². The third-order valence-corrected chi connectivity index (χ3v) is 5.47. The van der Waals surface area contributed by atoms with E-state index in [0.29, 0.717) is 12.4 Å². The molecule has 15 heavy (non-hydrogen) atoms. The highest BCUT2D eigenvalue weighted by molar-refractivity contribution is 7.90. The van der Waals surface area contributed by atoms with E-state index >= 15 is 0 Å². The molecule has 1 rings (SSSR count). The van der Waals surface area contributed by atoms with Crippen LogP contribution in [0.3, 0.4) is 0 Å². The summed E-state index contributed by atoms with van der Waals surface area (Å²) in [6.45, 7) is 4.34. The largest absolute Gasteiger partial charge is 0.214 e.